The lowest BCUT2D eigenvalue weighted by molar-refractivity contribution is 0.101. The largest absolute Gasteiger partial charge is 0.304 e. The van der Waals surface area contributed by atoms with Crippen LogP contribution in [0.5, 0.6) is 0 Å². The first-order chi connectivity index (χ1) is 13.3. The molecule has 1 N–H and O–H groups in total. The minimum absolute atomic E-state index is 0.0621. The first kappa shape index (κ1) is 17.8. The molecule has 8 nitrogen and oxygen atoms in total. The highest BCUT2D eigenvalue weighted by Crippen LogP contribution is 2.20. The van der Waals surface area contributed by atoms with E-state index in [1.807, 2.05) is 58.9 Å². The predicted molar refractivity (Wildman–Crippen MR) is 106 cm³/mol. The lowest BCUT2D eigenvalue weighted by Crippen LogP contribution is -2.17. The van der Waals surface area contributed by atoms with Crippen molar-refractivity contribution in [1.29, 1.82) is 0 Å². The van der Waals surface area contributed by atoms with Gasteiger partial charge in [0.25, 0.3) is 11.7 Å². The molecule has 3 aromatic heterocycles. The number of benzene rings is 1. The van der Waals surface area contributed by atoms with Crippen LogP contribution in [0.2, 0.25) is 0 Å². The fourth-order valence-electron chi connectivity index (χ4n) is 3.29. The van der Waals surface area contributed by atoms with E-state index in [0.29, 0.717) is 11.6 Å². The number of nitrogens with zero attached hydrogens (tertiary/aromatic N) is 6. The summed E-state index contributed by atoms with van der Waals surface area (Å²) in [5.74, 6) is 0.619. The normalized spacial score (nSPS) is 11.2. The SMILES string of the molecule is Cc1cc(C)cc(-n2nc(C)cc2NC(=O)c2nc3nc(C)cc(C)n3n2)c1. The molecule has 0 aliphatic rings. The molecule has 8 heteroatoms. The standard InChI is InChI=1S/C20H21N7O/c1-11-6-12(2)8-16(7-11)27-17(10-14(4)24-27)22-19(28)18-23-20-21-13(3)9-15(5)26(20)25-18/h6-10H,1-5H3,(H,22,28). The number of nitrogens with one attached hydrogen (secondary N) is 1. The number of amides is 1. The number of hydrogen-bond acceptors (Lipinski definition) is 5. The molecule has 1 aromatic carbocycles. The molecule has 0 aliphatic heterocycles. The van der Waals surface area contributed by atoms with E-state index in [4.69, 9.17) is 0 Å². The Balaban J connectivity index is 1.70. The van der Waals surface area contributed by atoms with E-state index in [1.165, 1.54) is 0 Å². The zero-order valence-corrected chi connectivity index (χ0v) is 16.5. The highest BCUT2D eigenvalue weighted by Gasteiger charge is 2.18. The van der Waals surface area contributed by atoms with E-state index in [1.54, 1.807) is 9.20 Å². The molecule has 0 saturated heterocycles. The third-order valence-corrected chi connectivity index (χ3v) is 4.35. The number of rotatable bonds is 3. The molecule has 142 valence electrons. The maximum atomic E-state index is 12.8. The lowest BCUT2D eigenvalue weighted by atomic mass is 10.1. The molecule has 0 spiro atoms. The average molecular weight is 375 g/mol. The van der Waals surface area contributed by atoms with Crippen molar-refractivity contribution in [1.82, 2.24) is 29.4 Å². The lowest BCUT2D eigenvalue weighted by Gasteiger charge is -2.09. The van der Waals surface area contributed by atoms with Crippen molar-refractivity contribution in [3.05, 3.63) is 64.4 Å². The van der Waals surface area contributed by atoms with E-state index >= 15 is 0 Å². The van der Waals surface area contributed by atoms with E-state index in [9.17, 15) is 4.79 Å². The molecular weight excluding hydrogens is 354 g/mol. The summed E-state index contributed by atoms with van der Waals surface area (Å²) in [6.07, 6.45) is 0. The van der Waals surface area contributed by atoms with Crippen LogP contribution in [-0.2, 0) is 0 Å². The Morgan fingerprint density at radius 2 is 1.57 bits per heavy atom. The topological polar surface area (TPSA) is 90.0 Å². The first-order valence-electron chi connectivity index (χ1n) is 8.98. The number of fused-ring (bicyclic) bond motifs is 1. The minimum atomic E-state index is -0.409. The second-order valence-electron chi connectivity index (χ2n) is 7.07. The van der Waals surface area contributed by atoms with Gasteiger partial charge in [-0.15, -0.1) is 5.10 Å². The Hall–Kier alpha value is -3.55. The monoisotopic (exact) mass is 375 g/mol. The van der Waals surface area contributed by atoms with Gasteiger partial charge in [0.1, 0.15) is 5.82 Å². The van der Waals surface area contributed by atoms with Gasteiger partial charge in [0.15, 0.2) is 0 Å². The highest BCUT2D eigenvalue weighted by molar-refractivity contribution is 6.01. The van der Waals surface area contributed by atoms with Crippen LogP contribution in [0.3, 0.4) is 0 Å². The summed E-state index contributed by atoms with van der Waals surface area (Å²) in [6.45, 7) is 9.73. The van der Waals surface area contributed by atoms with Crippen LogP contribution in [0, 0.1) is 34.6 Å². The summed E-state index contributed by atoms with van der Waals surface area (Å²) in [6, 6.07) is 9.85. The number of hydrogen-bond donors (Lipinski definition) is 1. The molecule has 4 aromatic rings. The van der Waals surface area contributed by atoms with E-state index in [0.717, 1.165) is 33.9 Å². The molecule has 0 bridgehead atoms. The highest BCUT2D eigenvalue weighted by atomic mass is 16.2. The summed E-state index contributed by atoms with van der Waals surface area (Å²) in [4.78, 5) is 21.4. The third-order valence-electron chi connectivity index (χ3n) is 4.35. The van der Waals surface area contributed by atoms with E-state index < -0.39 is 5.91 Å². The molecule has 3 heterocycles. The van der Waals surface area contributed by atoms with Crippen LogP contribution < -0.4 is 5.32 Å². The molecule has 1 amide bonds. The Morgan fingerprint density at radius 3 is 2.29 bits per heavy atom. The Morgan fingerprint density at radius 1 is 0.857 bits per heavy atom. The van der Waals surface area contributed by atoms with Gasteiger partial charge in [0.2, 0.25) is 5.82 Å². The Labute approximate surface area is 162 Å². The second-order valence-corrected chi connectivity index (χ2v) is 7.07. The summed E-state index contributed by atoms with van der Waals surface area (Å²) in [5, 5.41) is 11.7. The molecule has 0 aliphatic carbocycles. The number of carbonyl (C=O) groups excluding carboxylic acids is 1. The Bertz CT molecular complexity index is 1200. The second kappa shape index (κ2) is 6.56. The van der Waals surface area contributed by atoms with Crippen molar-refractivity contribution in [2.24, 2.45) is 0 Å². The van der Waals surface area contributed by atoms with Crippen molar-refractivity contribution in [3.63, 3.8) is 0 Å². The smallest absolute Gasteiger partial charge is 0.296 e. The summed E-state index contributed by atoms with van der Waals surface area (Å²) in [5.41, 5.74) is 5.62. The van der Waals surface area contributed by atoms with E-state index in [2.05, 4.69) is 31.5 Å². The quantitative estimate of drug-likeness (QED) is 0.594. The first-order valence-corrected chi connectivity index (χ1v) is 8.98. The van der Waals surface area contributed by atoms with Gasteiger partial charge in [0, 0.05) is 17.5 Å². The summed E-state index contributed by atoms with van der Waals surface area (Å²) < 4.78 is 3.28. The van der Waals surface area contributed by atoms with Crippen molar-refractivity contribution >= 4 is 17.5 Å². The molecule has 0 saturated carbocycles. The van der Waals surface area contributed by atoms with Crippen LogP contribution in [0.15, 0.2) is 30.3 Å². The molecule has 28 heavy (non-hydrogen) atoms. The fourth-order valence-corrected chi connectivity index (χ4v) is 3.29. The molecule has 4 rings (SSSR count). The van der Waals surface area contributed by atoms with Gasteiger partial charge < -0.3 is 5.32 Å². The van der Waals surface area contributed by atoms with Gasteiger partial charge >= 0.3 is 0 Å². The molecular formula is C20H21N7O. The van der Waals surface area contributed by atoms with Gasteiger partial charge in [-0.05, 0) is 63.9 Å². The maximum Gasteiger partial charge on any atom is 0.296 e. The Kier molecular flexibility index (Phi) is 4.18. The van der Waals surface area contributed by atoms with Crippen LogP contribution in [0.25, 0.3) is 11.5 Å². The van der Waals surface area contributed by atoms with E-state index in [-0.39, 0.29) is 5.82 Å². The van der Waals surface area contributed by atoms with Gasteiger partial charge in [0.05, 0.1) is 11.4 Å². The zero-order chi connectivity index (χ0) is 20.0. The molecule has 0 radical (unpaired) electrons. The van der Waals surface area contributed by atoms with Crippen molar-refractivity contribution < 1.29 is 4.79 Å². The number of carbonyl (C=O) groups is 1. The fraction of sp³-hybridized carbons (Fsp3) is 0.250. The third kappa shape index (κ3) is 3.24. The van der Waals surface area contributed by atoms with Gasteiger partial charge in [-0.1, -0.05) is 6.07 Å². The minimum Gasteiger partial charge on any atom is -0.304 e. The van der Waals surface area contributed by atoms with Gasteiger partial charge in [-0.2, -0.15) is 10.1 Å². The molecule has 0 unspecified atom stereocenters. The molecule has 0 atom stereocenters. The van der Waals surface area contributed by atoms with Gasteiger partial charge in [-0.3, -0.25) is 4.79 Å². The summed E-state index contributed by atoms with van der Waals surface area (Å²) >= 11 is 0. The summed E-state index contributed by atoms with van der Waals surface area (Å²) in [7, 11) is 0. The molecule has 0 fully saturated rings. The average Bonchev–Trinajstić information content (AvgIpc) is 3.17. The maximum absolute atomic E-state index is 12.8. The van der Waals surface area contributed by atoms with Gasteiger partial charge in [-0.25, -0.2) is 14.2 Å². The van der Waals surface area contributed by atoms with Crippen LogP contribution in [0.4, 0.5) is 5.82 Å². The van der Waals surface area contributed by atoms with Crippen LogP contribution in [-0.4, -0.2) is 35.3 Å². The van der Waals surface area contributed by atoms with Crippen molar-refractivity contribution in [2.45, 2.75) is 34.6 Å². The van der Waals surface area contributed by atoms with Crippen molar-refractivity contribution in [2.75, 3.05) is 5.32 Å². The van der Waals surface area contributed by atoms with Crippen LogP contribution >= 0.6 is 0 Å². The number of aryl methyl sites for hydroxylation is 5. The van der Waals surface area contributed by atoms with Crippen LogP contribution in [0.1, 0.15) is 38.8 Å². The number of aromatic nitrogens is 6. The zero-order valence-electron chi connectivity index (χ0n) is 16.5. The van der Waals surface area contributed by atoms with Crippen molar-refractivity contribution in [3.8, 4) is 5.69 Å². The predicted octanol–water partition coefficient (Wildman–Crippen LogP) is 3.10. The number of anilines is 1.